The van der Waals surface area contributed by atoms with Gasteiger partial charge in [0.15, 0.2) is 11.5 Å². The molecule has 33 heavy (non-hydrogen) atoms. The molecule has 0 spiro atoms. The van der Waals surface area contributed by atoms with Crippen molar-refractivity contribution in [2.75, 3.05) is 26.0 Å². The predicted molar refractivity (Wildman–Crippen MR) is 130 cm³/mol. The molecule has 0 saturated heterocycles. The summed E-state index contributed by atoms with van der Waals surface area (Å²) >= 11 is 0. The Morgan fingerprint density at radius 2 is 1.73 bits per heavy atom. The zero-order valence-corrected chi connectivity index (χ0v) is 21.0. The van der Waals surface area contributed by atoms with Gasteiger partial charge in [-0.15, -0.1) is 0 Å². The van der Waals surface area contributed by atoms with Crippen LogP contribution in [-0.2, 0) is 16.7 Å². The summed E-state index contributed by atoms with van der Waals surface area (Å²) in [5, 5.41) is 0. The number of carbonyl (C=O) groups is 1. The topological polar surface area (TPSA) is 82.1 Å². The molecule has 0 aliphatic carbocycles. The molecule has 0 unspecified atom stereocenters. The molecule has 0 aromatic heterocycles. The van der Waals surface area contributed by atoms with E-state index in [1.165, 1.54) is 14.0 Å². The molecule has 2 aromatic rings. The zero-order chi connectivity index (χ0) is 24.4. The lowest BCUT2D eigenvalue weighted by atomic mass is 10.1. The molecular formula is C25H35NO6S. The molecule has 2 rings (SSSR count). The van der Waals surface area contributed by atoms with Crippen molar-refractivity contribution in [2.24, 2.45) is 5.92 Å². The Hall–Kier alpha value is -2.74. The molecule has 0 aliphatic rings. The van der Waals surface area contributed by atoms with Crippen molar-refractivity contribution in [3.8, 4) is 17.2 Å². The molecule has 0 aliphatic heterocycles. The molecule has 182 valence electrons. The third kappa shape index (κ3) is 8.28. The number of amides is 1. The molecule has 8 heteroatoms. The van der Waals surface area contributed by atoms with Gasteiger partial charge in [-0.1, -0.05) is 33.3 Å². The first-order valence-electron chi connectivity index (χ1n) is 11.3. The van der Waals surface area contributed by atoms with E-state index in [0.29, 0.717) is 31.0 Å². The maximum atomic E-state index is 13.3. The van der Waals surface area contributed by atoms with Gasteiger partial charge in [0, 0.05) is 18.7 Å². The number of rotatable bonds is 13. The van der Waals surface area contributed by atoms with Crippen LogP contribution in [0.4, 0.5) is 0 Å². The van der Waals surface area contributed by atoms with E-state index in [4.69, 9.17) is 13.7 Å². The van der Waals surface area contributed by atoms with Crippen LogP contribution in [0.2, 0.25) is 0 Å². The van der Waals surface area contributed by atoms with E-state index in [1.807, 2.05) is 26.0 Å². The Bertz CT molecular complexity index is 1000. The monoisotopic (exact) mass is 477 g/mol. The predicted octanol–water partition coefficient (Wildman–Crippen LogP) is 4.90. The first-order chi connectivity index (χ1) is 15.7. The number of benzene rings is 2. The van der Waals surface area contributed by atoms with Gasteiger partial charge in [0.25, 0.3) is 5.91 Å². The molecule has 1 amide bonds. The van der Waals surface area contributed by atoms with Crippen molar-refractivity contribution in [1.29, 1.82) is 0 Å². The van der Waals surface area contributed by atoms with E-state index in [1.54, 1.807) is 35.2 Å². The van der Waals surface area contributed by atoms with E-state index >= 15 is 0 Å². The van der Waals surface area contributed by atoms with Crippen LogP contribution in [0.5, 0.6) is 17.2 Å². The fourth-order valence-corrected chi connectivity index (χ4v) is 3.69. The highest BCUT2D eigenvalue weighted by atomic mass is 32.2. The van der Waals surface area contributed by atoms with E-state index < -0.39 is 10.1 Å². The molecular weight excluding hydrogens is 442 g/mol. The van der Waals surface area contributed by atoms with E-state index in [0.717, 1.165) is 24.2 Å². The summed E-state index contributed by atoms with van der Waals surface area (Å²) in [7, 11) is -2.26. The number of ether oxygens (including phenoxy) is 2. The fourth-order valence-electron chi connectivity index (χ4n) is 3.17. The number of nitrogens with zero attached hydrogens (tertiary/aromatic N) is 1. The van der Waals surface area contributed by atoms with Gasteiger partial charge in [0.05, 0.1) is 19.5 Å². The second-order valence-corrected chi connectivity index (χ2v) is 10.1. The van der Waals surface area contributed by atoms with Crippen LogP contribution in [0.1, 0.15) is 56.5 Å². The summed E-state index contributed by atoms with van der Waals surface area (Å²) in [4.78, 5) is 15.0. The summed E-state index contributed by atoms with van der Waals surface area (Å²) in [6, 6.07) is 12.2. The number of hydrogen-bond donors (Lipinski definition) is 0. The van der Waals surface area contributed by atoms with Crippen LogP contribution >= 0.6 is 0 Å². The first-order valence-corrected chi connectivity index (χ1v) is 12.9. The summed E-state index contributed by atoms with van der Waals surface area (Å²) < 4.78 is 40.1. The number of hydrogen-bond acceptors (Lipinski definition) is 6. The average molecular weight is 478 g/mol. The second-order valence-electron chi connectivity index (χ2n) is 8.22. The Morgan fingerprint density at radius 1 is 1.03 bits per heavy atom. The van der Waals surface area contributed by atoms with Crippen molar-refractivity contribution >= 4 is 16.0 Å². The highest BCUT2D eigenvalue weighted by Gasteiger charge is 2.20. The molecule has 7 nitrogen and oxygen atoms in total. The Morgan fingerprint density at radius 3 is 2.30 bits per heavy atom. The Labute approximate surface area is 197 Å². The molecule has 0 N–H and O–H groups in total. The number of carbonyl (C=O) groups excluding carboxylic acids is 1. The quantitative estimate of drug-likeness (QED) is 0.301. The van der Waals surface area contributed by atoms with Gasteiger partial charge in [-0.2, -0.15) is 8.42 Å². The highest BCUT2D eigenvalue weighted by Crippen LogP contribution is 2.30. The minimum absolute atomic E-state index is 0.108. The van der Waals surface area contributed by atoms with Crippen molar-refractivity contribution in [2.45, 2.75) is 47.1 Å². The SMILES string of the molecule is CCCCOc1ccc(C(=O)N(Cc2ccc(OC)c(OS(=O)(=O)CC)c2)CC(C)C)cc1. The molecule has 2 aromatic carbocycles. The molecule has 0 radical (unpaired) electrons. The molecule has 0 heterocycles. The normalized spacial score (nSPS) is 11.3. The fraction of sp³-hybridized carbons (Fsp3) is 0.480. The smallest absolute Gasteiger partial charge is 0.309 e. The van der Waals surface area contributed by atoms with Crippen LogP contribution in [0.3, 0.4) is 0 Å². The zero-order valence-electron chi connectivity index (χ0n) is 20.2. The molecule has 0 atom stereocenters. The Balaban J connectivity index is 2.24. The van der Waals surface area contributed by atoms with Crippen molar-refractivity contribution in [3.05, 3.63) is 53.6 Å². The van der Waals surface area contributed by atoms with Crippen LogP contribution < -0.4 is 13.7 Å². The molecule has 0 bridgehead atoms. The van der Waals surface area contributed by atoms with E-state index in [-0.39, 0.29) is 23.3 Å². The van der Waals surface area contributed by atoms with Crippen LogP contribution in [-0.4, -0.2) is 45.2 Å². The van der Waals surface area contributed by atoms with Gasteiger partial charge in [-0.05, 0) is 61.2 Å². The van der Waals surface area contributed by atoms with Crippen molar-refractivity contribution in [3.63, 3.8) is 0 Å². The van der Waals surface area contributed by atoms with Gasteiger partial charge in [0.2, 0.25) is 0 Å². The first kappa shape index (κ1) is 26.5. The lowest BCUT2D eigenvalue weighted by molar-refractivity contribution is 0.0722. The maximum absolute atomic E-state index is 13.3. The third-order valence-corrected chi connectivity index (χ3v) is 6.05. The van der Waals surface area contributed by atoms with Crippen LogP contribution in [0, 0.1) is 5.92 Å². The molecule has 0 fully saturated rings. The maximum Gasteiger partial charge on any atom is 0.309 e. The van der Waals surface area contributed by atoms with Crippen LogP contribution in [0.15, 0.2) is 42.5 Å². The minimum Gasteiger partial charge on any atom is -0.494 e. The summed E-state index contributed by atoms with van der Waals surface area (Å²) in [6.07, 6.45) is 2.04. The van der Waals surface area contributed by atoms with E-state index in [2.05, 4.69) is 6.92 Å². The number of methoxy groups -OCH3 is 1. The summed E-state index contributed by atoms with van der Waals surface area (Å²) in [6.45, 7) is 9.20. The Kier molecular flexibility index (Phi) is 10.0. The van der Waals surface area contributed by atoms with Gasteiger partial charge in [-0.25, -0.2) is 0 Å². The van der Waals surface area contributed by atoms with Crippen LogP contribution in [0.25, 0.3) is 0 Å². The van der Waals surface area contributed by atoms with E-state index in [9.17, 15) is 13.2 Å². The van der Waals surface area contributed by atoms with Crippen molar-refractivity contribution < 1.29 is 26.9 Å². The van der Waals surface area contributed by atoms with Gasteiger partial charge < -0.3 is 18.6 Å². The third-order valence-electron chi connectivity index (χ3n) is 4.91. The van der Waals surface area contributed by atoms with Gasteiger partial charge >= 0.3 is 10.1 Å². The number of unbranched alkanes of at least 4 members (excludes halogenated alkanes) is 1. The van der Waals surface area contributed by atoms with Gasteiger partial charge in [0.1, 0.15) is 5.75 Å². The summed E-state index contributed by atoms with van der Waals surface area (Å²) in [5.41, 5.74) is 1.31. The molecule has 0 saturated carbocycles. The standard InChI is InChI=1S/C25H35NO6S/c1-6-8-15-31-22-12-10-21(11-13-22)25(27)26(17-19(3)4)18-20-9-14-23(30-5)24(16-20)32-33(28,29)7-2/h9-14,16,19H,6-8,15,17-18H2,1-5H3. The van der Waals surface area contributed by atoms with Crippen molar-refractivity contribution in [1.82, 2.24) is 4.90 Å². The largest absolute Gasteiger partial charge is 0.494 e. The highest BCUT2D eigenvalue weighted by molar-refractivity contribution is 7.87. The minimum atomic E-state index is -3.71. The lowest BCUT2D eigenvalue weighted by Crippen LogP contribution is -2.33. The average Bonchev–Trinajstić information content (AvgIpc) is 2.78. The second kappa shape index (κ2) is 12.5. The van der Waals surface area contributed by atoms with Gasteiger partial charge in [-0.3, -0.25) is 4.79 Å². The summed E-state index contributed by atoms with van der Waals surface area (Å²) in [5.74, 6) is 1.16. The lowest BCUT2D eigenvalue weighted by Gasteiger charge is -2.25.